The molecule has 1 aromatic rings. The lowest BCUT2D eigenvalue weighted by Crippen LogP contribution is -2.34. The Hall–Kier alpha value is -1.02. The van der Waals surface area contributed by atoms with Crippen LogP contribution in [-0.4, -0.2) is 13.7 Å². The van der Waals surface area contributed by atoms with Gasteiger partial charge in [-0.05, 0) is 24.4 Å². The van der Waals surface area contributed by atoms with Gasteiger partial charge in [0.05, 0.1) is 7.11 Å². The number of hydrogen-bond acceptors (Lipinski definition) is 2. The molecule has 1 unspecified atom stereocenters. The van der Waals surface area contributed by atoms with E-state index in [2.05, 4.69) is 45.1 Å². The van der Waals surface area contributed by atoms with Crippen LogP contribution in [0.15, 0.2) is 24.3 Å². The van der Waals surface area contributed by atoms with E-state index in [0.717, 1.165) is 18.7 Å². The SMILES string of the molecule is CCNC(c1ccccc1OC)C(C)(C)CC. The predicted octanol–water partition coefficient (Wildman–Crippen LogP) is 3.78. The summed E-state index contributed by atoms with van der Waals surface area (Å²) in [5, 5.41) is 3.58. The Labute approximate surface area is 105 Å². The van der Waals surface area contributed by atoms with Crippen molar-refractivity contribution >= 4 is 0 Å². The van der Waals surface area contributed by atoms with Crippen LogP contribution in [0.1, 0.15) is 45.7 Å². The molecule has 0 bridgehead atoms. The number of methoxy groups -OCH3 is 1. The molecule has 17 heavy (non-hydrogen) atoms. The molecule has 2 heteroatoms. The Morgan fingerprint density at radius 2 is 1.88 bits per heavy atom. The van der Waals surface area contributed by atoms with Gasteiger partial charge in [0.1, 0.15) is 5.75 Å². The standard InChI is InChI=1S/C15H25NO/c1-6-15(3,4)14(16-7-2)12-10-8-9-11-13(12)17-5/h8-11,14,16H,6-7H2,1-5H3. The summed E-state index contributed by atoms with van der Waals surface area (Å²) in [6, 6.07) is 8.61. The van der Waals surface area contributed by atoms with Crippen LogP contribution >= 0.6 is 0 Å². The molecule has 0 aliphatic heterocycles. The maximum Gasteiger partial charge on any atom is 0.123 e. The molecule has 0 amide bonds. The third-order valence-electron chi connectivity index (χ3n) is 3.55. The fourth-order valence-corrected chi connectivity index (χ4v) is 2.12. The summed E-state index contributed by atoms with van der Waals surface area (Å²) in [5.74, 6) is 0.972. The zero-order chi connectivity index (χ0) is 12.9. The fourth-order valence-electron chi connectivity index (χ4n) is 2.12. The normalized spacial score (nSPS) is 13.5. The van der Waals surface area contributed by atoms with E-state index in [1.807, 2.05) is 12.1 Å². The molecule has 0 saturated heterocycles. The van der Waals surface area contributed by atoms with Crippen molar-refractivity contribution in [3.8, 4) is 5.75 Å². The maximum absolute atomic E-state index is 5.47. The Bertz CT molecular complexity index is 347. The predicted molar refractivity (Wildman–Crippen MR) is 73.5 cm³/mol. The fraction of sp³-hybridized carbons (Fsp3) is 0.600. The Kier molecular flexibility index (Phi) is 5.01. The monoisotopic (exact) mass is 235 g/mol. The molecule has 1 rings (SSSR count). The van der Waals surface area contributed by atoms with Crippen LogP contribution in [0.5, 0.6) is 5.75 Å². The minimum absolute atomic E-state index is 0.213. The highest BCUT2D eigenvalue weighted by atomic mass is 16.5. The number of hydrogen-bond donors (Lipinski definition) is 1. The minimum Gasteiger partial charge on any atom is -0.496 e. The molecule has 1 N–H and O–H groups in total. The molecule has 0 aromatic heterocycles. The molecular weight excluding hydrogens is 210 g/mol. The Morgan fingerprint density at radius 1 is 1.24 bits per heavy atom. The maximum atomic E-state index is 5.47. The van der Waals surface area contributed by atoms with Crippen LogP contribution in [0.3, 0.4) is 0 Å². The number of para-hydroxylation sites is 1. The van der Waals surface area contributed by atoms with Crippen molar-refractivity contribution in [2.45, 2.75) is 40.2 Å². The van der Waals surface area contributed by atoms with Gasteiger partial charge in [-0.2, -0.15) is 0 Å². The van der Waals surface area contributed by atoms with Crippen molar-refractivity contribution in [2.75, 3.05) is 13.7 Å². The molecule has 0 saturated carbocycles. The highest BCUT2D eigenvalue weighted by Crippen LogP contribution is 2.39. The van der Waals surface area contributed by atoms with E-state index < -0.39 is 0 Å². The number of nitrogens with one attached hydrogen (secondary N) is 1. The molecule has 0 aliphatic carbocycles. The molecule has 96 valence electrons. The van der Waals surface area contributed by atoms with E-state index in [0.29, 0.717) is 6.04 Å². The summed E-state index contributed by atoms with van der Waals surface area (Å²) < 4.78 is 5.47. The van der Waals surface area contributed by atoms with E-state index in [1.54, 1.807) is 7.11 Å². The van der Waals surface area contributed by atoms with Crippen LogP contribution in [0.4, 0.5) is 0 Å². The van der Waals surface area contributed by atoms with Crippen LogP contribution < -0.4 is 10.1 Å². The van der Waals surface area contributed by atoms with Crippen LogP contribution in [0, 0.1) is 5.41 Å². The largest absolute Gasteiger partial charge is 0.496 e. The van der Waals surface area contributed by atoms with Gasteiger partial charge in [-0.25, -0.2) is 0 Å². The molecule has 2 nitrogen and oxygen atoms in total. The third kappa shape index (κ3) is 3.22. The highest BCUT2D eigenvalue weighted by Gasteiger charge is 2.30. The van der Waals surface area contributed by atoms with E-state index in [4.69, 9.17) is 4.74 Å². The first kappa shape index (κ1) is 14.0. The first-order valence-electron chi connectivity index (χ1n) is 6.43. The van der Waals surface area contributed by atoms with Crippen LogP contribution in [0.2, 0.25) is 0 Å². The Balaban J connectivity index is 3.13. The lowest BCUT2D eigenvalue weighted by Gasteiger charge is -2.35. The summed E-state index contributed by atoms with van der Waals surface area (Å²) in [7, 11) is 1.74. The van der Waals surface area contributed by atoms with Gasteiger partial charge < -0.3 is 10.1 Å². The van der Waals surface area contributed by atoms with Gasteiger partial charge in [-0.1, -0.05) is 45.9 Å². The molecule has 1 aromatic carbocycles. The van der Waals surface area contributed by atoms with Gasteiger partial charge in [0.2, 0.25) is 0 Å². The highest BCUT2D eigenvalue weighted by molar-refractivity contribution is 5.36. The first-order valence-corrected chi connectivity index (χ1v) is 6.43. The van der Waals surface area contributed by atoms with Crippen molar-refractivity contribution in [2.24, 2.45) is 5.41 Å². The third-order valence-corrected chi connectivity index (χ3v) is 3.55. The second kappa shape index (κ2) is 6.06. The van der Waals surface area contributed by atoms with Crippen LogP contribution in [0.25, 0.3) is 0 Å². The van der Waals surface area contributed by atoms with Crippen molar-refractivity contribution < 1.29 is 4.74 Å². The second-order valence-corrected chi connectivity index (χ2v) is 5.07. The van der Waals surface area contributed by atoms with E-state index >= 15 is 0 Å². The second-order valence-electron chi connectivity index (χ2n) is 5.07. The summed E-state index contributed by atoms with van der Waals surface area (Å²) in [5.41, 5.74) is 1.47. The summed E-state index contributed by atoms with van der Waals surface area (Å²) in [4.78, 5) is 0. The van der Waals surface area contributed by atoms with E-state index in [1.165, 1.54) is 5.56 Å². The van der Waals surface area contributed by atoms with Crippen LogP contribution in [-0.2, 0) is 0 Å². The van der Waals surface area contributed by atoms with E-state index in [-0.39, 0.29) is 5.41 Å². The smallest absolute Gasteiger partial charge is 0.123 e. The zero-order valence-electron chi connectivity index (χ0n) is 11.7. The lowest BCUT2D eigenvalue weighted by atomic mass is 9.78. The quantitative estimate of drug-likeness (QED) is 0.810. The van der Waals surface area contributed by atoms with Gasteiger partial charge in [-0.15, -0.1) is 0 Å². The van der Waals surface area contributed by atoms with Crippen molar-refractivity contribution in [3.63, 3.8) is 0 Å². The van der Waals surface area contributed by atoms with Crippen molar-refractivity contribution in [1.29, 1.82) is 0 Å². The lowest BCUT2D eigenvalue weighted by molar-refractivity contribution is 0.232. The molecule has 0 radical (unpaired) electrons. The van der Waals surface area contributed by atoms with Gasteiger partial charge >= 0.3 is 0 Å². The molecule has 0 spiro atoms. The van der Waals surface area contributed by atoms with Gasteiger partial charge in [-0.3, -0.25) is 0 Å². The topological polar surface area (TPSA) is 21.3 Å². The summed E-state index contributed by atoms with van der Waals surface area (Å²) in [6.07, 6.45) is 1.13. The van der Waals surface area contributed by atoms with Gasteiger partial charge in [0.25, 0.3) is 0 Å². The van der Waals surface area contributed by atoms with Crippen molar-refractivity contribution in [1.82, 2.24) is 5.32 Å². The number of rotatable bonds is 6. The molecule has 0 fully saturated rings. The summed E-state index contributed by atoms with van der Waals surface area (Å²) in [6.45, 7) is 9.94. The minimum atomic E-state index is 0.213. The molecule has 0 aliphatic rings. The zero-order valence-corrected chi connectivity index (χ0v) is 11.7. The summed E-state index contributed by atoms with van der Waals surface area (Å²) >= 11 is 0. The first-order chi connectivity index (χ1) is 8.06. The van der Waals surface area contributed by atoms with Crippen molar-refractivity contribution in [3.05, 3.63) is 29.8 Å². The van der Waals surface area contributed by atoms with E-state index in [9.17, 15) is 0 Å². The Morgan fingerprint density at radius 3 is 2.41 bits per heavy atom. The average molecular weight is 235 g/mol. The number of ether oxygens (including phenoxy) is 1. The average Bonchev–Trinajstić information content (AvgIpc) is 2.35. The van der Waals surface area contributed by atoms with Gasteiger partial charge in [0.15, 0.2) is 0 Å². The molecule has 1 atom stereocenters. The molecular formula is C15H25NO. The van der Waals surface area contributed by atoms with Gasteiger partial charge in [0, 0.05) is 11.6 Å². The number of benzene rings is 1. The molecule has 0 heterocycles.